The van der Waals surface area contributed by atoms with Gasteiger partial charge in [-0.1, -0.05) is 0 Å². The van der Waals surface area contributed by atoms with E-state index in [1.807, 2.05) is 37.7 Å². The average Bonchev–Trinajstić information content (AvgIpc) is 2.80. The van der Waals surface area contributed by atoms with Crippen LogP contribution < -0.4 is 14.8 Å². The van der Waals surface area contributed by atoms with Gasteiger partial charge in [0.1, 0.15) is 11.5 Å². The summed E-state index contributed by atoms with van der Waals surface area (Å²) >= 11 is 0. The monoisotopic (exact) mass is 319 g/mol. The van der Waals surface area contributed by atoms with Crippen LogP contribution in [0, 0.1) is 13.8 Å². The lowest BCUT2D eigenvalue weighted by atomic mass is 10.1. The second kappa shape index (κ2) is 7.48. The van der Waals surface area contributed by atoms with Crippen LogP contribution in [0.2, 0.25) is 0 Å². The fourth-order valence-electron chi connectivity index (χ4n) is 2.55. The maximum absolute atomic E-state index is 10.4. The summed E-state index contributed by atoms with van der Waals surface area (Å²) in [4.78, 5) is 0. The van der Waals surface area contributed by atoms with Crippen LogP contribution in [0.1, 0.15) is 28.6 Å². The van der Waals surface area contributed by atoms with E-state index < -0.39 is 6.10 Å². The predicted octanol–water partition coefficient (Wildman–Crippen LogP) is 1.88. The van der Waals surface area contributed by atoms with E-state index in [9.17, 15) is 5.11 Å². The molecule has 0 saturated heterocycles. The Bertz CT molecular complexity index is 645. The van der Waals surface area contributed by atoms with Gasteiger partial charge in [0, 0.05) is 37.5 Å². The quantitative estimate of drug-likeness (QED) is 0.815. The van der Waals surface area contributed by atoms with Crippen LogP contribution >= 0.6 is 0 Å². The molecule has 6 heteroatoms. The van der Waals surface area contributed by atoms with Crippen LogP contribution in [0.25, 0.3) is 0 Å². The summed E-state index contributed by atoms with van der Waals surface area (Å²) in [6.07, 6.45) is -0.642. The highest BCUT2D eigenvalue weighted by Crippen LogP contribution is 2.26. The van der Waals surface area contributed by atoms with E-state index in [4.69, 9.17) is 9.47 Å². The van der Waals surface area contributed by atoms with Crippen LogP contribution in [-0.4, -0.2) is 35.7 Å². The van der Waals surface area contributed by atoms with E-state index in [0.29, 0.717) is 24.6 Å². The molecule has 2 rings (SSSR count). The van der Waals surface area contributed by atoms with Gasteiger partial charge in [0.05, 0.1) is 26.0 Å². The largest absolute Gasteiger partial charge is 0.497 e. The first kappa shape index (κ1) is 17.3. The number of methoxy groups -OCH3 is 2. The van der Waals surface area contributed by atoms with E-state index >= 15 is 0 Å². The summed E-state index contributed by atoms with van der Waals surface area (Å²) in [7, 11) is 5.12. The minimum atomic E-state index is -0.642. The molecule has 1 unspecified atom stereocenters. The Hall–Kier alpha value is -2.05. The number of hydrogen-bond acceptors (Lipinski definition) is 5. The molecule has 0 fully saturated rings. The number of ether oxygens (including phenoxy) is 2. The maximum atomic E-state index is 10.4. The van der Waals surface area contributed by atoms with Crippen molar-refractivity contribution in [2.45, 2.75) is 26.5 Å². The fourth-order valence-corrected chi connectivity index (χ4v) is 2.55. The molecule has 2 N–H and O–H groups in total. The van der Waals surface area contributed by atoms with Crippen molar-refractivity contribution in [2.75, 3.05) is 20.8 Å². The Balaban J connectivity index is 2.01. The van der Waals surface area contributed by atoms with E-state index in [2.05, 4.69) is 10.4 Å². The molecule has 0 saturated carbocycles. The van der Waals surface area contributed by atoms with E-state index in [1.165, 1.54) is 5.56 Å². The topological polar surface area (TPSA) is 68.5 Å². The van der Waals surface area contributed by atoms with Crippen molar-refractivity contribution in [2.24, 2.45) is 7.05 Å². The Morgan fingerprint density at radius 2 is 1.78 bits per heavy atom. The lowest BCUT2D eigenvalue weighted by molar-refractivity contribution is 0.173. The fraction of sp³-hybridized carbons (Fsp3) is 0.471. The van der Waals surface area contributed by atoms with Gasteiger partial charge in [0.25, 0.3) is 0 Å². The number of aromatic nitrogens is 2. The van der Waals surface area contributed by atoms with Crippen molar-refractivity contribution in [3.8, 4) is 11.5 Å². The zero-order valence-electron chi connectivity index (χ0n) is 14.4. The van der Waals surface area contributed by atoms with E-state index in [0.717, 1.165) is 17.0 Å². The van der Waals surface area contributed by atoms with Gasteiger partial charge in [-0.2, -0.15) is 5.10 Å². The number of rotatable bonds is 7. The SMILES string of the molecule is COc1cc(OC)cc(C(O)CNCc2c(C)nn(C)c2C)c1. The molecule has 0 aliphatic rings. The standard InChI is InChI=1S/C17H25N3O3/c1-11-16(12(2)20(3)19-11)9-18-10-17(21)13-6-14(22-4)8-15(7-13)23-5/h6-8,17-18,21H,9-10H2,1-5H3. The zero-order chi connectivity index (χ0) is 17.0. The third-order valence-electron chi connectivity index (χ3n) is 4.06. The molecule has 0 amide bonds. The number of aliphatic hydroxyl groups is 1. The first-order chi connectivity index (χ1) is 11.0. The van der Waals surface area contributed by atoms with Crippen LogP contribution in [0.5, 0.6) is 11.5 Å². The van der Waals surface area contributed by atoms with Crippen molar-refractivity contribution < 1.29 is 14.6 Å². The normalized spacial score (nSPS) is 12.3. The molecule has 0 aliphatic carbocycles. The maximum Gasteiger partial charge on any atom is 0.122 e. The smallest absolute Gasteiger partial charge is 0.122 e. The molecule has 2 aromatic rings. The van der Waals surface area contributed by atoms with Gasteiger partial charge in [-0.05, 0) is 31.5 Å². The molecule has 1 heterocycles. The average molecular weight is 319 g/mol. The summed E-state index contributed by atoms with van der Waals surface area (Å²) in [5.74, 6) is 1.33. The molecule has 23 heavy (non-hydrogen) atoms. The predicted molar refractivity (Wildman–Crippen MR) is 88.9 cm³/mol. The van der Waals surface area contributed by atoms with E-state index in [-0.39, 0.29) is 0 Å². The molecular weight excluding hydrogens is 294 g/mol. The van der Waals surface area contributed by atoms with E-state index in [1.54, 1.807) is 20.3 Å². The summed E-state index contributed by atoms with van der Waals surface area (Å²) in [6.45, 7) is 5.14. The minimum absolute atomic E-state index is 0.435. The Labute approximate surface area is 137 Å². The minimum Gasteiger partial charge on any atom is -0.497 e. The molecule has 1 aromatic heterocycles. The Morgan fingerprint density at radius 1 is 1.17 bits per heavy atom. The number of nitrogens with zero attached hydrogens (tertiary/aromatic N) is 2. The van der Waals surface area contributed by atoms with Gasteiger partial charge in [0.15, 0.2) is 0 Å². The molecule has 0 bridgehead atoms. The number of hydrogen-bond donors (Lipinski definition) is 2. The van der Waals surface area contributed by atoms with Gasteiger partial charge in [-0.15, -0.1) is 0 Å². The highest BCUT2D eigenvalue weighted by molar-refractivity contribution is 5.39. The van der Waals surface area contributed by atoms with Crippen LogP contribution in [0.3, 0.4) is 0 Å². The highest BCUT2D eigenvalue weighted by atomic mass is 16.5. The van der Waals surface area contributed by atoms with Crippen molar-refractivity contribution in [1.82, 2.24) is 15.1 Å². The third kappa shape index (κ3) is 4.03. The lowest BCUT2D eigenvalue weighted by Crippen LogP contribution is -2.21. The van der Waals surface area contributed by atoms with Gasteiger partial charge < -0.3 is 19.9 Å². The summed E-state index contributed by atoms with van der Waals surface area (Å²) in [5.41, 5.74) is 4.07. The molecule has 0 radical (unpaired) electrons. The molecular formula is C17H25N3O3. The number of aryl methyl sites for hydroxylation is 2. The van der Waals surface area contributed by atoms with Crippen molar-refractivity contribution in [3.05, 3.63) is 40.7 Å². The lowest BCUT2D eigenvalue weighted by Gasteiger charge is -2.15. The van der Waals surface area contributed by atoms with Crippen molar-refractivity contribution >= 4 is 0 Å². The number of benzene rings is 1. The van der Waals surface area contributed by atoms with Gasteiger partial charge in [-0.3, -0.25) is 4.68 Å². The number of aliphatic hydroxyl groups excluding tert-OH is 1. The second-order valence-electron chi connectivity index (χ2n) is 5.57. The molecule has 1 atom stereocenters. The summed E-state index contributed by atoms with van der Waals surface area (Å²) in [5, 5.41) is 18.1. The molecule has 0 aliphatic heterocycles. The molecule has 0 spiro atoms. The van der Waals surface area contributed by atoms with Gasteiger partial charge in [-0.25, -0.2) is 0 Å². The highest BCUT2D eigenvalue weighted by Gasteiger charge is 2.13. The molecule has 6 nitrogen and oxygen atoms in total. The zero-order valence-corrected chi connectivity index (χ0v) is 14.4. The summed E-state index contributed by atoms with van der Waals surface area (Å²) in [6, 6.07) is 5.41. The molecule has 1 aromatic carbocycles. The van der Waals surface area contributed by atoms with Crippen molar-refractivity contribution in [1.29, 1.82) is 0 Å². The molecule has 126 valence electrons. The van der Waals surface area contributed by atoms with Crippen LogP contribution in [-0.2, 0) is 13.6 Å². The van der Waals surface area contributed by atoms with Crippen LogP contribution in [0.4, 0.5) is 0 Å². The second-order valence-corrected chi connectivity index (χ2v) is 5.57. The summed E-state index contributed by atoms with van der Waals surface area (Å²) < 4.78 is 12.3. The number of nitrogens with one attached hydrogen (secondary N) is 1. The first-order valence-electron chi connectivity index (χ1n) is 7.57. The van der Waals surface area contributed by atoms with Gasteiger partial charge >= 0.3 is 0 Å². The van der Waals surface area contributed by atoms with Crippen LogP contribution in [0.15, 0.2) is 18.2 Å². The third-order valence-corrected chi connectivity index (χ3v) is 4.06. The Kier molecular flexibility index (Phi) is 5.63. The van der Waals surface area contributed by atoms with Crippen molar-refractivity contribution in [3.63, 3.8) is 0 Å². The van der Waals surface area contributed by atoms with Gasteiger partial charge in [0.2, 0.25) is 0 Å². The Morgan fingerprint density at radius 3 is 2.26 bits per heavy atom. The first-order valence-corrected chi connectivity index (χ1v) is 7.57.